The first-order chi connectivity index (χ1) is 13.2. The van der Waals surface area contributed by atoms with Gasteiger partial charge in [0.2, 0.25) is 0 Å². The SMILES string of the molecule is NC1CCC(NC(=O)c2ccc(SCc3cn4ccccc4n3)cc2)CC1. The molecule has 1 fully saturated rings. The third kappa shape index (κ3) is 4.51. The number of nitrogens with two attached hydrogens (primary N) is 1. The minimum atomic E-state index is 0.00683. The molecule has 27 heavy (non-hydrogen) atoms. The fourth-order valence-corrected chi connectivity index (χ4v) is 4.23. The summed E-state index contributed by atoms with van der Waals surface area (Å²) in [6.45, 7) is 0. The molecular weight excluding hydrogens is 356 g/mol. The number of carbonyl (C=O) groups is 1. The van der Waals surface area contributed by atoms with Crippen molar-refractivity contribution < 1.29 is 4.79 Å². The molecule has 0 saturated heterocycles. The van der Waals surface area contributed by atoms with Crippen LogP contribution in [0.2, 0.25) is 0 Å². The van der Waals surface area contributed by atoms with E-state index in [1.165, 1.54) is 0 Å². The van der Waals surface area contributed by atoms with E-state index in [9.17, 15) is 4.79 Å². The first-order valence-corrected chi connectivity index (χ1v) is 10.4. The highest BCUT2D eigenvalue weighted by Gasteiger charge is 2.20. The molecule has 4 rings (SSSR count). The number of hydrogen-bond donors (Lipinski definition) is 2. The second-order valence-electron chi connectivity index (χ2n) is 7.10. The van der Waals surface area contributed by atoms with Crippen molar-refractivity contribution in [1.82, 2.24) is 14.7 Å². The van der Waals surface area contributed by atoms with E-state index in [0.717, 1.165) is 47.7 Å². The number of hydrogen-bond acceptors (Lipinski definition) is 4. The molecule has 3 aromatic rings. The van der Waals surface area contributed by atoms with Gasteiger partial charge in [0.15, 0.2) is 0 Å². The molecule has 0 bridgehead atoms. The van der Waals surface area contributed by atoms with Gasteiger partial charge in [-0.2, -0.15) is 0 Å². The average Bonchev–Trinajstić information content (AvgIpc) is 3.11. The van der Waals surface area contributed by atoms with Gasteiger partial charge in [-0.3, -0.25) is 4.79 Å². The monoisotopic (exact) mass is 380 g/mol. The van der Waals surface area contributed by atoms with Crippen molar-refractivity contribution in [3.05, 3.63) is 66.1 Å². The fourth-order valence-electron chi connectivity index (χ4n) is 3.45. The molecule has 0 spiro atoms. The van der Waals surface area contributed by atoms with Gasteiger partial charge in [0.1, 0.15) is 5.65 Å². The summed E-state index contributed by atoms with van der Waals surface area (Å²) in [5.41, 5.74) is 8.64. The molecule has 0 unspecified atom stereocenters. The van der Waals surface area contributed by atoms with Gasteiger partial charge >= 0.3 is 0 Å². The van der Waals surface area contributed by atoms with Crippen LogP contribution in [0.15, 0.2) is 59.8 Å². The molecule has 1 aromatic carbocycles. The second-order valence-corrected chi connectivity index (χ2v) is 8.15. The van der Waals surface area contributed by atoms with Crippen molar-refractivity contribution in [2.75, 3.05) is 0 Å². The Morgan fingerprint density at radius 3 is 2.67 bits per heavy atom. The van der Waals surface area contributed by atoms with E-state index in [1.807, 2.05) is 53.1 Å². The minimum Gasteiger partial charge on any atom is -0.349 e. The Hall–Kier alpha value is -2.31. The van der Waals surface area contributed by atoms with Gasteiger partial charge in [-0.1, -0.05) is 6.07 Å². The maximum atomic E-state index is 12.4. The van der Waals surface area contributed by atoms with Crippen molar-refractivity contribution in [3.63, 3.8) is 0 Å². The zero-order valence-corrected chi connectivity index (χ0v) is 16.0. The predicted octanol–water partition coefficient (Wildman–Crippen LogP) is 3.63. The first-order valence-electron chi connectivity index (χ1n) is 9.39. The van der Waals surface area contributed by atoms with Crippen LogP contribution in [0.3, 0.4) is 0 Å². The maximum Gasteiger partial charge on any atom is 0.251 e. The Labute approximate surface area is 163 Å². The summed E-state index contributed by atoms with van der Waals surface area (Å²) in [5.74, 6) is 0.808. The van der Waals surface area contributed by atoms with Gasteiger partial charge in [-0.05, 0) is 62.1 Å². The highest BCUT2D eigenvalue weighted by molar-refractivity contribution is 7.98. The summed E-state index contributed by atoms with van der Waals surface area (Å²) in [4.78, 5) is 18.2. The van der Waals surface area contributed by atoms with Gasteiger partial charge in [-0.15, -0.1) is 11.8 Å². The molecular formula is C21H24N4OS. The van der Waals surface area contributed by atoms with Gasteiger partial charge in [-0.25, -0.2) is 4.98 Å². The summed E-state index contributed by atoms with van der Waals surface area (Å²) in [5, 5.41) is 3.13. The van der Waals surface area contributed by atoms with E-state index in [-0.39, 0.29) is 11.9 Å². The molecule has 5 nitrogen and oxygen atoms in total. The van der Waals surface area contributed by atoms with Crippen LogP contribution in [0.4, 0.5) is 0 Å². The standard InChI is InChI=1S/C21H24N4OS/c22-16-6-8-17(9-7-16)24-21(26)15-4-10-19(11-5-15)27-14-18-13-25-12-2-1-3-20(25)23-18/h1-5,10-13,16-17H,6-9,14,22H2,(H,24,26). The lowest BCUT2D eigenvalue weighted by Gasteiger charge is -2.26. The Balaban J connectivity index is 1.32. The smallest absolute Gasteiger partial charge is 0.251 e. The molecule has 1 aliphatic rings. The number of pyridine rings is 1. The van der Waals surface area contributed by atoms with Crippen molar-refractivity contribution in [3.8, 4) is 0 Å². The normalized spacial score (nSPS) is 19.9. The van der Waals surface area contributed by atoms with E-state index < -0.39 is 0 Å². The first kappa shape index (κ1) is 18.1. The molecule has 0 aliphatic heterocycles. The number of thioether (sulfide) groups is 1. The highest BCUT2D eigenvalue weighted by Crippen LogP contribution is 2.23. The lowest BCUT2D eigenvalue weighted by molar-refractivity contribution is 0.0926. The van der Waals surface area contributed by atoms with Crippen LogP contribution in [0.1, 0.15) is 41.7 Å². The third-order valence-corrected chi connectivity index (χ3v) is 6.07. The molecule has 6 heteroatoms. The highest BCUT2D eigenvalue weighted by atomic mass is 32.2. The fraction of sp³-hybridized carbons (Fsp3) is 0.333. The predicted molar refractivity (Wildman–Crippen MR) is 109 cm³/mol. The number of amides is 1. The van der Waals surface area contributed by atoms with Crippen LogP contribution >= 0.6 is 11.8 Å². The summed E-state index contributed by atoms with van der Waals surface area (Å²) < 4.78 is 2.03. The van der Waals surface area contributed by atoms with Gasteiger partial charge in [0.05, 0.1) is 5.69 Å². The van der Waals surface area contributed by atoms with E-state index in [4.69, 9.17) is 5.73 Å². The lowest BCUT2D eigenvalue weighted by atomic mass is 9.91. The Bertz CT molecular complexity index is 880. The van der Waals surface area contributed by atoms with Crippen LogP contribution in [0.25, 0.3) is 5.65 Å². The lowest BCUT2D eigenvalue weighted by Crippen LogP contribution is -2.40. The Morgan fingerprint density at radius 2 is 1.93 bits per heavy atom. The van der Waals surface area contributed by atoms with Gasteiger partial charge in [0, 0.05) is 40.7 Å². The van der Waals surface area contributed by atoms with Crippen molar-refractivity contribution in [1.29, 1.82) is 0 Å². The number of benzene rings is 1. The number of aromatic nitrogens is 2. The Kier molecular flexibility index (Phi) is 5.45. The van der Waals surface area contributed by atoms with E-state index >= 15 is 0 Å². The van der Waals surface area contributed by atoms with Crippen LogP contribution in [-0.2, 0) is 5.75 Å². The topological polar surface area (TPSA) is 72.4 Å². The number of nitrogens with zero attached hydrogens (tertiary/aromatic N) is 2. The number of rotatable bonds is 5. The number of fused-ring (bicyclic) bond motifs is 1. The molecule has 3 N–H and O–H groups in total. The molecule has 2 aromatic heterocycles. The van der Waals surface area contributed by atoms with Gasteiger partial charge < -0.3 is 15.5 Å². The van der Waals surface area contributed by atoms with Crippen molar-refractivity contribution in [2.45, 2.75) is 48.4 Å². The van der Waals surface area contributed by atoms with Gasteiger partial charge in [0.25, 0.3) is 5.91 Å². The molecule has 1 amide bonds. The largest absolute Gasteiger partial charge is 0.349 e. The zero-order chi connectivity index (χ0) is 18.6. The van der Waals surface area contributed by atoms with E-state index in [2.05, 4.69) is 16.5 Å². The summed E-state index contributed by atoms with van der Waals surface area (Å²) in [6, 6.07) is 14.3. The third-order valence-electron chi connectivity index (χ3n) is 5.02. The second kappa shape index (κ2) is 8.15. The number of imidazole rings is 1. The molecule has 1 aliphatic carbocycles. The molecule has 2 heterocycles. The van der Waals surface area contributed by atoms with Crippen LogP contribution in [0.5, 0.6) is 0 Å². The van der Waals surface area contributed by atoms with Crippen LogP contribution in [-0.4, -0.2) is 27.4 Å². The van der Waals surface area contributed by atoms with E-state index in [1.54, 1.807) is 11.8 Å². The zero-order valence-electron chi connectivity index (χ0n) is 15.2. The summed E-state index contributed by atoms with van der Waals surface area (Å²) in [6.07, 6.45) is 7.98. The van der Waals surface area contributed by atoms with Crippen LogP contribution in [0, 0.1) is 0 Å². The van der Waals surface area contributed by atoms with Crippen LogP contribution < -0.4 is 11.1 Å². The maximum absolute atomic E-state index is 12.4. The average molecular weight is 381 g/mol. The molecule has 0 atom stereocenters. The number of nitrogens with one attached hydrogen (secondary N) is 1. The summed E-state index contributed by atoms with van der Waals surface area (Å²) in [7, 11) is 0. The van der Waals surface area contributed by atoms with E-state index in [0.29, 0.717) is 11.6 Å². The Morgan fingerprint density at radius 1 is 1.15 bits per heavy atom. The van der Waals surface area contributed by atoms with Crippen molar-refractivity contribution >= 4 is 23.3 Å². The minimum absolute atomic E-state index is 0.00683. The molecule has 1 saturated carbocycles. The van der Waals surface area contributed by atoms with Crippen molar-refractivity contribution in [2.24, 2.45) is 5.73 Å². The molecule has 0 radical (unpaired) electrons. The molecule has 140 valence electrons. The quantitative estimate of drug-likeness (QED) is 0.663. The number of carbonyl (C=O) groups excluding carboxylic acids is 1. The summed E-state index contributed by atoms with van der Waals surface area (Å²) >= 11 is 1.72.